The minimum Gasteiger partial charge on any atom is -0.461 e. The van der Waals surface area contributed by atoms with Crippen LogP contribution in [-0.2, 0) is 6.42 Å². The van der Waals surface area contributed by atoms with Crippen LogP contribution in [0.1, 0.15) is 65.0 Å². The molecule has 4 aromatic rings. The maximum atomic E-state index is 16.9. The number of hydrogen-bond donors (Lipinski definition) is 2. The second-order valence-electron chi connectivity index (χ2n) is 12.7. The van der Waals surface area contributed by atoms with Gasteiger partial charge in [0.25, 0.3) is 0 Å². The fourth-order valence-electron chi connectivity index (χ4n) is 7.62. The molecule has 5 heterocycles. The van der Waals surface area contributed by atoms with Crippen LogP contribution in [0.2, 0.25) is 0 Å². The number of fused-ring (bicyclic) bond motifs is 2. The molecule has 2 unspecified atom stereocenters. The van der Waals surface area contributed by atoms with Gasteiger partial charge < -0.3 is 15.4 Å². The first kappa shape index (κ1) is 34.0. The molecular formula is C35H42F5N7O. The van der Waals surface area contributed by atoms with E-state index >= 15 is 8.78 Å². The Hall–Kier alpha value is -3.84. The van der Waals surface area contributed by atoms with Gasteiger partial charge in [0.15, 0.2) is 23.7 Å². The predicted octanol–water partition coefficient (Wildman–Crippen LogP) is 7.22. The number of anilines is 2. The number of nitrogen functional groups attached to an aromatic ring is 1. The Morgan fingerprint density at radius 3 is 2.50 bits per heavy atom. The third-order valence-corrected chi connectivity index (χ3v) is 9.88. The van der Waals surface area contributed by atoms with Gasteiger partial charge in [-0.05, 0) is 88.5 Å². The molecule has 0 spiro atoms. The number of alkyl halides is 2. The standard InChI is InChI=1S/C33H36F5N7O.C2H6/c1-18-5-2-6-23-26-30(28(38)29(41-23)21-14-20(39)13-19-7-8-22(35)27(37)25(19)21)42-32(43-31(26)45(18)15-24(36)40-17-34)46-16-33-9-3-11-44(33)12-4-10-33;1-2/h7-8,13-14,18,24,40H,2-6,9-12,15-17,39H2,1H3;1-2H3. The zero-order chi connectivity index (χ0) is 34.2. The van der Waals surface area contributed by atoms with Gasteiger partial charge in [0.1, 0.15) is 30.4 Å². The Kier molecular flexibility index (Phi) is 9.89. The van der Waals surface area contributed by atoms with Gasteiger partial charge in [-0.25, -0.2) is 26.9 Å². The van der Waals surface area contributed by atoms with Gasteiger partial charge in [0, 0.05) is 22.7 Å². The summed E-state index contributed by atoms with van der Waals surface area (Å²) >= 11 is 0. The third kappa shape index (κ3) is 6.11. The monoisotopic (exact) mass is 671 g/mol. The van der Waals surface area contributed by atoms with Crippen molar-refractivity contribution >= 4 is 33.2 Å². The van der Waals surface area contributed by atoms with Crippen LogP contribution >= 0.6 is 0 Å². The van der Waals surface area contributed by atoms with E-state index in [2.05, 4.69) is 20.2 Å². The Morgan fingerprint density at radius 2 is 1.77 bits per heavy atom. The highest BCUT2D eigenvalue weighted by atomic mass is 19.2. The maximum Gasteiger partial charge on any atom is 0.319 e. The van der Waals surface area contributed by atoms with E-state index in [1.165, 1.54) is 18.2 Å². The van der Waals surface area contributed by atoms with Crippen molar-refractivity contribution in [1.82, 2.24) is 25.2 Å². The molecule has 0 saturated carbocycles. The quantitative estimate of drug-likeness (QED) is 0.115. The SMILES string of the molecule is CC.CC1CCCc2nc(-c3cc(N)cc4ccc(F)c(F)c34)c(F)c3nc(OCC45CCCN4CCC5)nc(c23)N1CC(F)NCF. The zero-order valence-electron chi connectivity index (χ0n) is 27.6. The van der Waals surface area contributed by atoms with Crippen LogP contribution in [0.4, 0.5) is 33.5 Å². The summed E-state index contributed by atoms with van der Waals surface area (Å²) in [6, 6.07) is 4.90. The number of nitrogens with two attached hydrogens (primary N) is 1. The van der Waals surface area contributed by atoms with Crippen molar-refractivity contribution in [2.24, 2.45) is 0 Å². The number of hydrogen-bond acceptors (Lipinski definition) is 8. The van der Waals surface area contributed by atoms with Crippen LogP contribution in [-0.4, -0.2) is 70.8 Å². The van der Waals surface area contributed by atoms with Crippen LogP contribution in [0.25, 0.3) is 32.9 Å². The lowest BCUT2D eigenvalue weighted by Crippen LogP contribution is -2.44. The minimum atomic E-state index is -1.73. The van der Waals surface area contributed by atoms with E-state index in [4.69, 9.17) is 15.5 Å². The van der Waals surface area contributed by atoms with E-state index in [0.29, 0.717) is 31.6 Å². The van der Waals surface area contributed by atoms with E-state index < -0.39 is 30.5 Å². The third-order valence-electron chi connectivity index (χ3n) is 9.88. The van der Waals surface area contributed by atoms with Gasteiger partial charge in [-0.3, -0.25) is 10.2 Å². The molecule has 2 atom stereocenters. The average Bonchev–Trinajstić information content (AvgIpc) is 3.66. The smallest absolute Gasteiger partial charge is 0.319 e. The number of rotatable bonds is 8. The van der Waals surface area contributed by atoms with E-state index in [9.17, 15) is 13.2 Å². The fourth-order valence-corrected chi connectivity index (χ4v) is 7.62. The molecule has 2 aromatic heterocycles. The molecule has 48 heavy (non-hydrogen) atoms. The van der Waals surface area contributed by atoms with Gasteiger partial charge >= 0.3 is 6.01 Å². The first-order valence-electron chi connectivity index (χ1n) is 16.8. The lowest BCUT2D eigenvalue weighted by Gasteiger charge is -2.35. The summed E-state index contributed by atoms with van der Waals surface area (Å²) in [5, 5.41) is 2.56. The Morgan fingerprint density at radius 1 is 1.02 bits per heavy atom. The van der Waals surface area contributed by atoms with Crippen LogP contribution in [0.15, 0.2) is 24.3 Å². The molecule has 3 N–H and O–H groups in total. The number of benzene rings is 2. The Bertz CT molecular complexity index is 1800. The molecule has 0 amide bonds. The maximum absolute atomic E-state index is 16.9. The summed E-state index contributed by atoms with van der Waals surface area (Å²) < 4.78 is 80.9. The highest BCUT2D eigenvalue weighted by Gasteiger charge is 2.45. The fraction of sp³-hybridized carbons (Fsp3) is 0.514. The summed E-state index contributed by atoms with van der Waals surface area (Å²) in [6.45, 7) is 6.86. The normalized spacial score (nSPS) is 19.5. The minimum absolute atomic E-state index is 0.0139. The highest BCUT2D eigenvalue weighted by molar-refractivity contribution is 6.02. The lowest BCUT2D eigenvalue weighted by molar-refractivity contribution is 0.108. The number of aryl methyl sites for hydroxylation is 1. The Labute approximate surface area is 276 Å². The number of nitrogens with one attached hydrogen (secondary N) is 1. The zero-order valence-corrected chi connectivity index (χ0v) is 27.6. The van der Waals surface area contributed by atoms with E-state index in [1.807, 2.05) is 20.8 Å². The van der Waals surface area contributed by atoms with Crippen molar-refractivity contribution in [3.8, 4) is 17.3 Å². The largest absolute Gasteiger partial charge is 0.461 e. The van der Waals surface area contributed by atoms with Crippen molar-refractivity contribution in [3.05, 3.63) is 47.4 Å². The van der Waals surface area contributed by atoms with Crippen molar-refractivity contribution in [1.29, 1.82) is 0 Å². The molecule has 13 heteroatoms. The second-order valence-corrected chi connectivity index (χ2v) is 12.7. The molecule has 7 rings (SSSR count). The molecule has 2 aromatic carbocycles. The van der Waals surface area contributed by atoms with Gasteiger partial charge in [0.2, 0.25) is 0 Å². The molecule has 258 valence electrons. The molecule has 2 saturated heterocycles. The van der Waals surface area contributed by atoms with Gasteiger partial charge in [-0.1, -0.05) is 19.9 Å². The van der Waals surface area contributed by atoms with Crippen LogP contribution < -0.4 is 20.7 Å². The Balaban J connectivity index is 0.00000197. The van der Waals surface area contributed by atoms with Crippen LogP contribution in [0, 0.1) is 17.5 Å². The number of nitrogens with zero attached hydrogens (tertiary/aromatic N) is 5. The summed E-state index contributed by atoms with van der Waals surface area (Å²) in [4.78, 5) is 18.1. The molecule has 3 aliphatic rings. The van der Waals surface area contributed by atoms with E-state index in [1.54, 1.807) is 4.90 Å². The number of pyridine rings is 1. The van der Waals surface area contributed by atoms with Crippen molar-refractivity contribution < 1.29 is 26.7 Å². The molecule has 3 aliphatic heterocycles. The molecule has 2 fully saturated rings. The number of ether oxygens (including phenoxy) is 1. The lowest BCUT2D eigenvalue weighted by atomic mass is 9.95. The van der Waals surface area contributed by atoms with Crippen LogP contribution in [0.3, 0.4) is 0 Å². The van der Waals surface area contributed by atoms with Crippen molar-refractivity contribution in [2.45, 2.75) is 83.6 Å². The van der Waals surface area contributed by atoms with Gasteiger partial charge in [0.05, 0.1) is 23.2 Å². The summed E-state index contributed by atoms with van der Waals surface area (Å²) in [7, 11) is 0. The first-order chi connectivity index (χ1) is 23.2. The van der Waals surface area contributed by atoms with Gasteiger partial charge in [-0.15, -0.1) is 0 Å². The van der Waals surface area contributed by atoms with Gasteiger partial charge in [-0.2, -0.15) is 9.97 Å². The molecule has 8 nitrogen and oxygen atoms in total. The molecule has 0 bridgehead atoms. The molecule has 0 radical (unpaired) electrons. The van der Waals surface area contributed by atoms with Crippen molar-refractivity contribution in [2.75, 3.05) is 43.7 Å². The van der Waals surface area contributed by atoms with Crippen LogP contribution in [0.5, 0.6) is 6.01 Å². The summed E-state index contributed by atoms with van der Waals surface area (Å²) in [5.41, 5.74) is 6.25. The summed E-state index contributed by atoms with van der Waals surface area (Å²) in [6.07, 6.45) is 3.91. The molecule has 0 aliphatic carbocycles. The van der Waals surface area contributed by atoms with E-state index in [-0.39, 0.29) is 68.6 Å². The number of aromatic nitrogens is 3. The van der Waals surface area contributed by atoms with Crippen molar-refractivity contribution in [3.63, 3.8) is 0 Å². The van der Waals surface area contributed by atoms with E-state index in [0.717, 1.165) is 44.8 Å². The number of halogens is 5. The summed E-state index contributed by atoms with van der Waals surface area (Å²) in [5.74, 6) is -2.90. The predicted molar refractivity (Wildman–Crippen MR) is 178 cm³/mol. The second kappa shape index (κ2) is 13.9. The highest BCUT2D eigenvalue weighted by Crippen LogP contribution is 2.42. The average molecular weight is 672 g/mol. The molecular weight excluding hydrogens is 629 g/mol. The topological polar surface area (TPSA) is 92.4 Å². The first-order valence-corrected chi connectivity index (χ1v) is 16.8.